The van der Waals surface area contributed by atoms with Gasteiger partial charge in [0.05, 0.1) is 0 Å². The molecule has 0 aliphatic rings. The monoisotopic (exact) mass is 248 g/mol. The molecule has 1 unspecified atom stereocenters. The number of anilines is 1. The van der Waals surface area contributed by atoms with Crippen LogP contribution in [0.3, 0.4) is 0 Å². The highest BCUT2D eigenvalue weighted by Crippen LogP contribution is 2.21. The number of carboxylic acids is 1. The minimum Gasteiger partial charge on any atom is -0.476 e. The predicted molar refractivity (Wildman–Crippen MR) is 61.2 cm³/mol. The first kappa shape index (κ1) is 12.1. The van der Waals surface area contributed by atoms with Gasteiger partial charge in [-0.1, -0.05) is 0 Å². The van der Waals surface area contributed by atoms with E-state index in [4.69, 9.17) is 5.11 Å². The van der Waals surface area contributed by atoms with Crippen LogP contribution in [-0.2, 0) is 10.8 Å². The molecule has 1 atom stereocenters. The molecule has 0 aromatic carbocycles. The summed E-state index contributed by atoms with van der Waals surface area (Å²) in [4.78, 5) is 15.3. The van der Waals surface area contributed by atoms with Crippen molar-refractivity contribution in [2.75, 3.05) is 23.9 Å². The van der Waals surface area contributed by atoms with Crippen molar-refractivity contribution in [2.45, 2.75) is 6.92 Å². The van der Waals surface area contributed by atoms with Gasteiger partial charge in [-0.15, -0.1) is 11.3 Å². The third-order valence-electron chi connectivity index (χ3n) is 1.66. The summed E-state index contributed by atoms with van der Waals surface area (Å²) in [6, 6.07) is 0. The van der Waals surface area contributed by atoms with E-state index in [-0.39, 0.29) is 5.69 Å². The van der Waals surface area contributed by atoms with E-state index in [1.165, 1.54) is 11.3 Å². The zero-order chi connectivity index (χ0) is 11.4. The summed E-state index contributed by atoms with van der Waals surface area (Å²) in [5.41, 5.74) is 0.0834. The van der Waals surface area contributed by atoms with Crippen molar-refractivity contribution in [3.63, 3.8) is 0 Å². The van der Waals surface area contributed by atoms with Crippen molar-refractivity contribution in [2.24, 2.45) is 0 Å². The highest BCUT2D eigenvalue weighted by molar-refractivity contribution is 7.84. The first-order chi connectivity index (χ1) is 7.00. The summed E-state index contributed by atoms with van der Waals surface area (Å²) in [6.45, 7) is 2.25. The van der Waals surface area contributed by atoms with E-state index in [1.54, 1.807) is 13.2 Å². The van der Waals surface area contributed by atoms with Crippen LogP contribution in [0.5, 0.6) is 0 Å². The molecule has 5 nitrogen and oxygen atoms in total. The van der Waals surface area contributed by atoms with E-state index >= 15 is 0 Å². The van der Waals surface area contributed by atoms with Gasteiger partial charge in [0, 0.05) is 34.2 Å². The van der Waals surface area contributed by atoms with E-state index in [0.717, 1.165) is 0 Å². The van der Waals surface area contributed by atoms with Crippen LogP contribution in [0.15, 0.2) is 0 Å². The molecule has 84 valence electrons. The third-order valence-corrected chi connectivity index (χ3v) is 3.37. The molecule has 1 aromatic heterocycles. The van der Waals surface area contributed by atoms with E-state index < -0.39 is 16.8 Å². The lowest BCUT2D eigenvalue weighted by atomic mass is 10.4. The maximum absolute atomic E-state index is 10.8. The maximum Gasteiger partial charge on any atom is 0.355 e. The molecular formula is C8H12N2O3S2. The fourth-order valence-electron chi connectivity index (χ4n) is 0.972. The molecule has 0 aliphatic carbocycles. The maximum atomic E-state index is 10.8. The van der Waals surface area contributed by atoms with Crippen LogP contribution in [0.25, 0.3) is 0 Å². The second-order valence-electron chi connectivity index (χ2n) is 2.93. The van der Waals surface area contributed by atoms with Crippen molar-refractivity contribution in [1.82, 2.24) is 4.98 Å². The number of aryl methyl sites for hydroxylation is 1. The molecule has 7 heteroatoms. The SMILES string of the molecule is Cc1sc(NCCS(C)=O)nc1C(=O)O. The minimum absolute atomic E-state index is 0.0834. The molecule has 0 saturated heterocycles. The Morgan fingerprint density at radius 2 is 2.33 bits per heavy atom. The number of rotatable bonds is 5. The van der Waals surface area contributed by atoms with Crippen molar-refractivity contribution < 1.29 is 14.1 Å². The number of aromatic nitrogens is 1. The van der Waals surface area contributed by atoms with E-state index in [2.05, 4.69) is 10.3 Å². The lowest BCUT2D eigenvalue weighted by molar-refractivity contribution is 0.0690. The Bertz CT molecular complexity index is 389. The van der Waals surface area contributed by atoms with E-state index in [0.29, 0.717) is 22.3 Å². The number of thiazole rings is 1. The second-order valence-corrected chi connectivity index (χ2v) is 5.69. The number of hydrogen-bond donors (Lipinski definition) is 2. The molecule has 0 aliphatic heterocycles. The fraction of sp³-hybridized carbons (Fsp3) is 0.500. The van der Waals surface area contributed by atoms with Gasteiger partial charge in [-0.05, 0) is 6.92 Å². The first-order valence-corrected chi connectivity index (χ1v) is 6.79. The number of carboxylic acid groups (broad SMARTS) is 1. The van der Waals surface area contributed by atoms with Gasteiger partial charge in [0.1, 0.15) is 0 Å². The topological polar surface area (TPSA) is 79.3 Å². The van der Waals surface area contributed by atoms with Crippen molar-refractivity contribution in [1.29, 1.82) is 0 Å². The second kappa shape index (κ2) is 5.22. The van der Waals surface area contributed by atoms with Gasteiger partial charge in [0.15, 0.2) is 10.8 Å². The Morgan fingerprint density at radius 3 is 2.80 bits per heavy atom. The van der Waals surface area contributed by atoms with E-state index in [9.17, 15) is 9.00 Å². The zero-order valence-corrected chi connectivity index (χ0v) is 10.1. The highest BCUT2D eigenvalue weighted by atomic mass is 32.2. The largest absolute Gasteiger partial charge is 0.476 e. The molecular weight excluding hydrogens is 236 g/mol. The summed E-state index contributed by atoms with van der Waals surface area (Å²) in [5.74, 6) is -0.489. The summed E-state index contributed by atoms with van der Waals surface area (Å²) in [6.07, 6.45) is 1.62. The summed E-state index contributed by atoms with van der Waals surface area (Å²) >= 11 is 1.29. The number of hydrogen-bond acceptors (Lipinski definition) is 5. The Kier molecular flexibility index (Phi) is 4.22. The highest BCUT2D eigenvalue weighted by Gasteiger charge is 2.13. The van der Waals surface area contributed by atoms with Crippen LogP contribution in [-0.4, -0.2) is 38.8 Å². The molecule has 1 heterocycles. The normalized spacial score (nSPS) is 12.4. The smallest absolute Gasteiger partial charge is 0.355 e. The molecule has 0 fully saturated rings. The van der Waals surface area contributed by atoms with Crippen molar-refractivity contribution >= 4 is 33.2 Å². The molecule has 1 rings (SSSR count). The molecule has 2 N–H and O–H groups in total. The van der Waals surface area contributed by atoms with Gasteiger partial charge in [-0.3, -0.25) is 4.21 Å². The van der Waals surface area contributed by atoms with Gasteiger partial charge in [-0.2, -0.15) is 0 Å². The predicted octanol–water partition coefficient (Wildman–Crippen LogP) is 0.940. The van der Waals surface area contributed by atoms with Crippen LogP contribution in [0.1, 0.15) is 15.4 Å². The van der Waals surface area contributed by atoms with Crippen molar-refractivity contribution in [3.8, 4) is 0 Å². The molecule has 0 saturated carbocycles. The van der Waals surface area contributed by atoms with Crippen LogP contribution in [0, 0.1) is 6.92 Å². The molecule has 0 radical (unpaired) electrons. The van der Waals surface area contributed by atoms with Crippen LogP contribution < -0.4 is 5.32 Å². The summed E-state index contributed by atoms with van der Waals surface area (Å²) < 4.78 is 10.8. The first-order valence-electron chi connectivity index (χ1n) is 4.25. The lowest BCUT2D eigenvalue weighted by Crippen LogP contribution is -2.09. The zero-order valence-electron chi connectivity index (χ0n) is 8.44. The lowest BCUT2D eigenvalue weighted by Gasteiger charge is -1.98. The van der Waals surface area contributed by atoms with Gasteiger partial charge in [0.25, 0.3) is 0 Å². The molecule has 0 bridgehead atoms. The fourth-order valence-corrected chi connectivity index (χ4v) is 2.19. The Balaban J connectivity index is 2.59. The average molecular weight is 248 g/mol. The van der Waals surface area contributed by atoms with Crippen LogP contribution >= 0.6 is 11.3 Å². The standard InChI is InChI=1S/C8H12N2O3S2/c1-5-6(7(11)12)10-8(14-5)9-3-4-15(2)13/h3-4H2,1-2H3,(H,9,10)(H,11,12). The molecule has 1 aromatic rings. The molecule has 0 amide bonds. The molecule has 15 heavy (non-hydrogen) atoms. The van der Waals surface area contributed by atoms with Gasteiger partial charge >= 0.3 is 5.97 Å². The average Bonchev–Trinajstić information content (AvgIpc) is 2.46. The summed E-state index contributed by atoms with van der Waals surface area (Å²) in [5, 5.41) is 12.3. The number of aromatic carboxylic acids is 1. The number of carbonyl (C=O) groups is 1. The molecule has 0 spiro atoms. The quantitative estimate of drug-likeness (QED) is 0.810. The number of nitrogens with zero attached hydrogens (tertiary/aromatic N) is 1. The number of nitrogens with one attached hydrogen (secondary N) is 1. The minimum atomic E-state index is -1.02. The van der Waals surface area contributed by atoms with Gasteiger partial charge in [-0.25, -0.2) is 9.78 Å². The van der Waals surface area contributed by atoms with Gasteiger partial charge < -0.3 is 10.4 Å². The van der Waals surface area contributed by atoms with Crippen molar-refractivity contribution in [3.05, 3.63) is 10.6 Å². The Hall–Kier alpha value is -0.950. The Labute approximate surface area is 94.0 Å². The van der Waals surface area contributed by atoms with Gasteiger partial charge in [0.2, 0.25) is 0 Å². The third kappa shape index (κ3) is 3.60. The van der Waals surface area contributed by atoms with E-state index in [1.807, 2.05) is 0 Å². The Morgan fingerprint density at radius 1 is 1.67 bits per heavy atom. The summed E-state index contributed by atoms with van der Waals surface area (Å²) in [7, 11) is -0.849. The van der Waals surface area contributed by atoms with Crippen LogP contribution in [0.2, 0.25) is 0 Å². The van der Waals surface area contributed by atoms with Crippen LogP contribution in [0.4, 0.5) is 5.13 Å².